The van der Waals surface area contributed by atoms with Crippen LogP contribution in [0.5, 0.6) is 0 Å². The van der Waals surface area contributed by atoms with E-state index >= 15 is 0 Å². The van der Waals surface area contributed by atoms with Crippen molar-refractivity contribution < 1.29 is 4.92 Å². The number of nitrogens with one attached hydrogen (secondary N) is 1. The molecular formula is C8H15N3O2S. The van der Waals surface area contributed by atoms with Crippen molar-refractivity contribution in [3.63, 3.8) is 0 Å². The van der Waals surface area contributed by atoms with Gasteiger partial charge in [-0.05, 0) is 13.2 Å². The Morgan fingerprint density at radius 1 is 1.86 bits per heavy atom. The Morgan fingerprint density at radius 3 is 3.14 bits per heavy atom. The molecule has 0 radical (unpaired) electrons. The molecule has 0 aromatic carbocycles. The van der Waals surface area contributed by atoms with Crippen molar-refractivity contribution in [2.24, 2.45) is 0 Å². The molecule has 0 spiro atoms. The Kier molecular flexibility index (Phi) is 4.06. The van der Waals surface area contributed by atoms with Gasteiger partial charge in [0.05, 0.1) is 4.92 Å². The number of thioether (sulfide) groups is 1. The zero-order valence-electron chi connectivity index (χ0n) is 8.40. The van der Waals surface area contributed by atoms with Crippen LogP contribution in [0.15, 0.2) is 12.0 Å². The Morgan fingerprint density at radius 2 is 2.57 bits per heavy atom. The molecule has 6 heteroatoms. The van der Waals surface area contributed by atoms with Gasteiger partial charge in [-0.1, -0.05) is 0 Å². The summed E-state index contributed by atoms with van der Waals surface area (Å²) in [5, 5.41) is 13.4. The van der Waals surface area contributed by atoms with Gasteiger partial charge in [0.15, 0.2) is 5.82 Å². The first-order valence-electron chi connectivity index (χ1n) is 4.49. The maximum Gasteiger partial charge on any atom is 0.274 e. The second-order valence-corrected chi connectivity index (χ2v) is 4.27. The summed E-state index contributed by atoms with van der Waals surface area (Å²) >= 11 is 1.74. The molecule has 1 aliphatic heterocycles. The Balaban J connectivity index is 2.58. The molecule has 0 aromatic heterocycles. The van der Waals surface area contributed by atoms with Gasteiger partial charge in [0.25, 0.3) is 6.20 Å². The summed E-state index contributed by atoms with van der Waals surface area (Å²) in [6.07, 6.45) is 3.08. The summed E-state index contributed by atoms with van der Waals surface area (Å²) in [4.78, 5) is 11.9. The van der Waals surface area contributed by atoms with Gasteiger partial charge in [-0.25, -0.2) is 0 Å². The molecule has 1 heterocycles. The first-order valence-corrected chi connectivity index (χ1v) is 5.88. The smallest absolute Gasteiger partial charge is 0.274 e. The van der Waals surface area contributed by atoms with Crippen LogP contribution in [-0.4, -0.2) is 41.0 Å². The van der Waals surface area contributed by atoms with E-state index in [9.17, 15) is 10.1 Å². The van der Waals surface area contributed by atoms with Crippen molar-refractivity contribution in [1.82, 2.24) is 10.2 Å². The molecule has 1 fully saturated rings. The molecule has 1 unspecified atom stereocenters. The van der Waals surface area contributed by atoms with Gasteiger partial charge in [-0.2, -0.15) is 11.8 Å². The van der Waals surface area contributed by atoms with Crippen LogP contribution in [0.1, 0.15) is 6.92 Å². The quantitative estimate of drug-likeness (QED) is 0.555. The molecule has 0 aliphatic carbocycles. The minimum absolute atomic E-state index is 0.294. The monoisotopic (exact) mass is 217 g/mol. The zero-order chi connectivity index (χ0) is 10.6. The fourth-order valence-corrected chi connectivity index (χ4v) is 1.85. The van der Waals surface area contributed by atoms with E-state index in [0.29, 0.717) is 11.9 Å². The summed E-state index contributed by atoms with van der Waals surface area (Å²) in [6, 6.07) is 0.294. The lowest BCUT2D eigenvalue weighted by Gasteiger charge is -2.15. The van der Waals surface area contributed by atoms with Crippen LogP contribution < -0.4 is 5.32 Å². The summed E-state index contributed by atoms with van der Waals surface area (Å²) in [5.74, 6) is 1.63. The van der Waals surface area contributed by atoms with Crippen molar-refractivity contribution in [3.8, 4) is 0 Å². The topological polar surface area (TPSA) is 58.4 Å². The van der Waals surface area contributed by atoms with E-state index in [1.54, 1.807) is 11.8 Å². The maximum absolute atomic E-state index is 10.3. The molecule has 1 saturated heterocycles. The molecule has 5 nitrogen and oxygen atoms in total. The molecule has 0 amide bonds. The standard InChI is InChI=1S/C8H15N3O2S/c1-7-5-10(3-4-14-2)8(9-7)6-11(12)13/h6-7,9H,3-5H2,1-2H3. The second kappa shape index (κ2) is 5.09. The Bertz CT molecular complexity index is 245. The van der Waals surface area contributed by atoms with E-state index in [1.165, 1.54) is 0 Å². The van der Waals surface area contributed by atoms with E-state index < -0.39 is 4.92 Å². The fourth-order valence-electron chi connectivity index (χ4n) is 1.45. The molecule has 1 aliphatic rings. The van der Waals surface area contributed by atoms with Gasteiger partial charge >= 0.3 is 0 Å². The first kappa shape index (κ1) is 11.2. The molecule has 1 N–H and O–H groups in total. The van der Waals surface area contributed by atoms with Crippen LogP contribution in [0.2, 0.25) is 0 Å². The number of rotatable bonds is 4. The van der Waals surface area contributed by atoms with E-state index in [0.717, 1.165) is 25.0 Å². The molecule has 1 rings (SSSR count). The number of nitro groups is 1. The van der Waals surface area contributed by atoms with Crippen LogP contribution in [0.4, 0.5) is 0 Å². The predicted molar refractivity (Wildman–Crippen MR) is 57.6 cm³/mol. The molecule has 0 saturated carbocycles. The van der Waals surface area contributed by atoms with Crippen LogP contribution in [0.3, 0.4) is 0 Å². The summed E-state index contributed by atoms with van der Waals surface area (Å²) in [6.45, 7) is 3.73. The van der Waals surface area contributed by atoms with Gasteiger partial charge in [-0.15, -0.1) is 0 Å². The van der Waals surface area contributed by atoms with Crippen LogP contribution in [-0.2, 0) is 0 Å². The fraction of sp³-hybridized carbons (Fsp3) is 0.750. The number of nitrogens with zero attached hydrogens (tertiary/aromatic N) is 2. The largest absolute Gasteiger partial charge is 0.362 e. The molecule has 14 heavy (non-hydrogen) atoms. The molecule has 1 atom stereocenters. The number of hydrogen-bond donors (Lipinski definition) is 1. The van der Waals surface area contributed by atoms with E-state index in [-0.39, 0.29) is 0 Å². The maximum atomic E-state index is 10.3. The normalized spacial score (nSPS) is 24.0. The predicted octanol–water partition coefficient (Wildman–Crippen LogP) is 0.719. The van der Waals surface area contributed by atoms with Gasteiger partial charge < -0.3 is 10.2 Å². The highest BCUT2D eigenvalue weighted by Gasteiger charge is 2.24. The Labute approximate surface area is 87.7 Å². The van der Waals surface area contributed by atoms with Crippen molar-refractivity contribution >= 4 is 11.8 Å². The molecule has 80 valence electrons. The van der Waals surface area contributed by atoms with Gasteiger partial charge in [0.1, 0.15) is 0 Å². The average molecular weight is 217 g/mol. The minimum atomic E-state index is -0.410. The minimum Gasteiger partial charge on any atom is -0.362 e. The highest BCUT2D eigenvalue weighted by molar-refractivity contribution is 7.98. The summed E-state index contributed by atoms with van der Waals surface area (Å²) in [7, 11) is 0. The third-order valence-electron chi connectivity index (χ3n) is 2.02. The SMILES string of the molecule is CSCCN1CC(C)NC1=C[N+](=O)[O-]. The third kappa shape index (κ3) is 3.10. The lowest BCUT2D eigenvalue weighted by atomic mass is 10.4. The van der Waals surface area contributed by atoms with Crippen molar-refractivity contribution in [2.75, 3.05) is 25.1 Å². The summed E-state index contributed by atoms with van der Waals surface area (Å²) < 4.78 is 0. The lowest BCUT2D eigenvalue weighted by Crippen LogP contribution is -2.23. The van der Waals surface area contributed by atoms with Gasteiger partial charge in [-0.3, -0.25) is 10.1 Å². The van der Waals surface area contributed by atoms with Crippen molar-refractivity contribution in [3.05, 3.63) is 22.1 Å². The van der Waals surface area contributed by atoms with E-state index in [1.807, 2.05) is 18.1 Å². The van der Waals surface area contributed by atoms with E-state index in [2.05, 4.69) is 5.32 Å². The van der Waals surface area contributed by atoms with Crippen molar-refractivity contribution in [2.45, 2.75) is 13.0 Å². The first-order chi connectivity index (χ1) is 6.63. The van der Waals surface area contributed by atoms with Crippen LogP contribution in [0, 0.1) is 10.1 Å². The highest BCUT2D eigenvalue weighted by Crippen LogP contribution is 2.12. The number of hydrogen-bond acceptors (Lipinski definition) is 5. The second-order valence-electron chi connectivity index (χ2n) is 3.28. The average Bonchev–Trinajstić information content (AvgIpc) is 2.41. The molecule has 0 aromatic rings. The van der Waals surface area contributed by atoms with E-state index in [4.69, 9.17) is 0 Å². The summed E-state index contributed by atoms with van der Waals surface area (Å²) in [5.41, 5.74) is 0. The zero-order valence-corrected chi connectivity index (χ0v) is 9.21. The Hall–Kier alpha value is -0.910. The van der Waals surface area contributed by atoms with Crippen molar-refractivity contribution in [1.29, 1.82) is 0 Å². The lowest BCUT2D eigenvalue weighted by molar-refractivity contribution is -0.404. The van der Waals surface area contributed by atoms with Crippen LogP contribution in [0.25, 0.3) is 0 Å². The van der Waals surface area contributed by atoms with Gasteiger partial charge in [0.2, 0.25) is 0 Å². The molecule has 0 bridgehead atoms. The van der Waals surface area contributed by atoms with Gasteiger partial charge in [0, 0.05) is 24.9 Å². The highest BCUT2D eigenvalue weighted by atomic mass is 32.2. The third-order valence-corrected chi connectivity index (χ3v) is 2.61. The molecular weight excluding hydrogens is 202 g/mol. The van der Waals surface area contributed by atoms with Crippen LogP contribution >= 0.6 is 11.8 Å².